The molecule has 1 fully saturated rings. The van der Waals surface area contributed by atoms with E-state index in [-0.39, 0.29) is 11.8 Å². The van der Waals surface area contributed by atoms with Crippen molar-refractivity contribution in [3.05, 3.63) is 84.6 Å². The minimum Gasteiger partial charge on any atom is -0.493 e. The van der Waals surface area contributed by atoms with Gasteiger partial charge in [0.05, 0.1) is 27.2 Å². The van der Waals surface area contributed by atoms with E-state index < -0.39 is 0 Å². The molecule has 0 radical (unpaired) electrons. The van der Waals surface area contributed by atoms with E-state index >= 15 is 0 Å². The maximum Gasteiger partial charge on any atom is 0.229 e. The molecule has 2 N–H and O–H groups in total. The molecule has 0 aliphatic carbocycles. The van der Waals surface area contributed by atoms with E-state index in [1.165, 1.54) is 5.56 Å². The Balaban J connectivity index is 1.20. The van der Waals surface area contributed by atoms with Gasteiger partial charge < -0.3 is 29.7 Å². The summed E-state index contributed by atoms with van der Waals surface area (Å²) in [6.45, 7) is 1.92. The predicted molar refractivity (Wildman–Crippen MR) is 160 cm³/mol. The highest BCUT2D eigenvalue weighted by Gasteiger charge is 2.26. The Morgan fingerprint density at radius 2 is 1.63 bits per heavy atom. The second-order valence-electron chi connectivity index (χ2n) is 9.84. The number of carbonyl (C=O) groups is 1. The molecule has 0 spiro atoms. The van der Waals surface area contributed by atoms with Gasteiger partial charge in [-0.25, -0.2) is 4.98 Å². The van der Waals surface area contributed by atoms with Crippen LogP contribution in [0.4, 0.5) is 17.5 Å². The van der Waals surface area contributed by atoms with Crippen molar-refractivity contribution in [2.75, 3.05) is 44.6 Å². The summed E-state index contributed by atoms with van der Waals surface area (Å²) in [5, 5.41) is 6.36. The van der Waals surface area contributed by atoms with Crippen LogP contribution in [0.2, 0.25) is 0 Å². The topological polar surface area (TPSA) is 97.8 Å². The van der Waals surface area contributed by atoms with Crippen LogP contribution in [0.1, 0.15) is 18.4 Å². The van der Waals surface area contributed by atoms with Crippen molar-refractivity contribution in [3.63, 3.8) is 0 Å². The van der Waals surface area contributed by atoms with Crippen molar-refractivity contribution in [1.82, 2.24) is 15.3 Å². The molecule has 41 heavy (non-hydrogen) atoms. The minimum atomic E-state index is -0.117. The van der Waals surface area contributed by atoms with Gasteiger partial charge in [-0.3, -0.25) is 4.79 Å². The van der Waals surface area contributed by atoms with Gasteiger partial charge in [-0.05, 0) is 35.6 Å². The number of amides is 1. The lowest BCUT2D eigenvalue weighted by molar-refractivity contribution is -0.125. The van der Waals surface area contributed by atoms with Crippen molar-refractivity contribution >= 4 is 23.4 Å². The number of anilines is 3. The smallest absolute Gasteiger partial charge is 0.229 e. The normalized spacial score (nSPS) is 14.7. The minimum absolute atomic E-state index is 0.0617. The summed E-state index contributed by atoms with van der Waals surface area (Å²) >= 11 is 0. The van der Waals surface area contributed by atoms with Gasteiger partial charge >= 0.3 is 0 Å². The van der Waals surface area contributed by atoms with Gasteiger partial charge in [-0.1, -0.05) is 54.6 Å². The van der Waals surface area contributed by atoms with Gasteiger partial charge in [0.15, 0.2) is 11.5 Å². The highest BCUT2D eigenvalue weighted by Crippen LogP contribution is 2.40. The van der Waals surface area contributed by atoms with Crippen LogP contribution < -0.4 is 29.7 Å². The van der Waals surface area contributed by atoms with Crippen molar-refractivity contribution < 1.29 is 19.0 Å². The first-order valence-electron chi connectivity index (χ1n) is 13.6. The fraction of sp³-hybridized carbons (Fsp3) is 0.281. The first kappa shape index (κ1) is 27.8. The number of carbonyl (C=O) groups excluding carboxylic acids is 1. The number of methoxy groups -OCH3 is 3. The van der Waals surface area contributed by atoms with Crippen molar-refractivity contribution in [2.45, 2.75) is 19.4 Å². The molecule has 3 aromatic carbocycles. The average molecular weight is 554 g/mol. The standard InChI is InChI=1S/C32H35N5O4/c1-39-27-18-26(19-28(40-2)30(27)41-3)35-32-33-16-15-29(36-32)37-17-7-10-25(21-37)31(38)34-20-22-11-13-24(14-12-22)23-8-5-4-6-9-23/h4-6,8-9,11-16,18-19,25H,7,10,17,20-21H2,1-3H3,(H,34,38)(H,33,35,36). The maximum absolute atomic E-state index is 13.1. The Bertz CT molecular complexity index is 1440. The Morgan fingerprint density at radius 1 is 0.927 bits per heavy atom. The molecule has 0 saturated carbocycles. The number of ether oxygens (including phenoxy) is 3. The van der Waals surface area contributed by atoms with Crippen LogP contribution in [0.15, 0.2) is 79.0 Å². The molecule has 1 aromatic heterocycles. The van der Waals surface area contributed by atoms with Crippen LogP contribution in [-0.2, 0) is 11.3 Å². The number of hydrogen-bond donors (Lipinski definition) is 2. The van der Waals surface area contributed by atoms with E-state index in [2.05, 4.69) is 56.9 Å². The molecule has 2 heterocycles. The van der Waals surface area contributed by atoms with E-state index in [9.17, 15) is 4.79 Å². The second kappa shape index (κ2) is 13.0. The van der Waals surface area contributed by atoms with Crippen LogP contribution in [0.5, 0.6) is 17.2 Å². The zero-order chi connectivity index (χ0) is 28.6. The maximum atomic E-state index is 13.1. The number of nitrogens with zero attached hydrogens (tertiary/aromatic N) is 3. The number of benzene rings is 3. The monoisotopic (exact) mass is 553 g/mol. The van der Waals surface area contributed by atoms with Gasteiger partial charge in [0, 0.05) is 43.7 Å². The largest absolute Gasteiger partial charge is 0.493 e. The molecule has 1 unspecified atom stereocenters. The van der Waals surface area contributed by atoms with Crippen LogP contribution in [0, 0.1) is 5.92 Å². The van der Waals surface area contributed by atoms with Crippen molar-refractivity contribution in [3.8, 4) is 28.4 Å². The Labute approximate surface area is 240 Å². The quantitative estimate of drug-likeness (QED) is 0.268. The van der Waals surface area contributed by atoms with Gasteiger partial charge in [-0.15, -0.1) is 0 Å². The van der Waals surface area contributed by atoms with Gasteiger partial charge in [0.2, 0.25) is 17.6 Å². The summed E-state index contributed by atoms with van der Waals surface area (Å²) in [7, 11) is 4.71. The third kappa shape index (κ3) is 6.69. The molecule has 1 atom stereocenters. The molecule has 9 nitrogen and oxygen atoms in total. The van der Waals surface area contributed by atoms with Crippen LogP contribution in [0.25, 0.3) is 11.1 Å². The first-order chi connectivity index (χ1) is 20.1. The summed E-state index contributed by atoms with van der Waals surface area (Å²) < 4.78 is 16.3. The van der Waals surface area contributed by atoms with Crippen molar-refractivity contribution in [1.29, 1.82) is 0 Å². The van der Waals surface area contributed by atoms with Crippen LogP contribution in [-0.4, -0.2) is 50.3 Å². The summed E-state index contributed by atoms with van der Waals surface area (Å²) in [4.78, 5) is 24.4. The van der Waals surface area contributed by atoms with Gasteiger partial charge in [0.25, 0.3) is 0 Å². The lowest BCUT2D eigenvalue weighted by Crippen LogP contribution is -2.43. The molecule has 1 aliphatic rings. The fourth-order valence-electron chi connectivity index (χ4n) is 5.05. The number of rotatable bonds is 10. The zero-order valence-electron chi connectivity index (χ0n) is 23.6. The van der Waals surface area contributed by atoms with E-state index in [1.54, 1.807) is 39.7 Å². The molecule has 1 amide bonds. The Morgan fingerprint density at radius 3 is 2.32 bits per heavy atom. The molecule has 9 heteroatoms. The van der Waals surface area contributed by atoms with Gasteiger partial charge in [-0.2, -0.15) is 4.98 Å². The van der Waals surface area contributed by atoms with Crippen LogP contribution >= 0.6 is 0 Å². The highest BCUT2D eigenvalue weighted by molar-refractivity contribution is 5.79. The zero-order valence-corrected chi connectivity index (χ0v) is 23.6. The lowest BCUT2D eigenvalue weighted by Gasteiger charge is -2.33. The van der Waals surface area contributed by atoms with Crippen LogP contribution in [0.3, 0.4) is 0 Å². The third-order valence-corrected chi connectivity index (χ3v) is 7.21. The molecule has 212 valence electrons. The molecular formula is C32H35N5O4. The number of nitrogens with one attached hydrogen (secondary N) is 2. The fourth-order valence-corrected chi connectivity index (χ4v) is 5.05. The molecule has 1 aliphatic heterocycles. The highest BCUT2D eigenvalue weighted by atomic mass is 16.5. The number of hydrogen-bond acceptors (Lipinski definition) is 8. The molecule has 1 saturated heterocycles. The van der Waals surface area contributed by atoms with Gasteiger partial charge in [0.1, 0.15) is 5.82 Å². The van der Waals surface area contributed by atoms with Crippen molar-refractivity contribution in [2.24, 2.45) is 5.92 Å². The molecule has 0 bridgehead atoms. The summed E-state index contributed by atoms with van der Waals surface area (Å²) in [6.07, 6.45) is 3.46. The van der Waals surface area contributed by atoms with E-state index in [0.717, 1.165) is 36.3 Å². The van der Waals surface area contributed by atoms with E-state index in [0.29, 0.717) is 42.0 Å². The van der Waals surface area contributed by atoms with E-state index in [1.807, 2.05) is 24.3 Å². The Kier molecular flexibility index (Phi) is 8.83. The van der Waals surface area contributed by atoms with E-state index in [4.69, 9.17) is 19.2 Å². The molecule has 5 rings (SSSR count). The average Bonchev–Trinajstić information content (AvgIpc) is 3.04. The number of piperidine rings is 1. The second-order valence-corrected chi connectivity index (χ2v) is 9.84. The SMILES string of the molecule is COc1cc(Nc2nccc(N3CCCC(C(=O)NCc4ccc(-c5ccccc5)cc4)C3)n2)cc(OC)c1OC. The predicted octanol–water partition coefficient (Wildman–Crippen LogP) is 5.45. The summed E-state index contributed by atoms with van der Waals surface area (Å²) in [5.74, 6) is 2.72. The Hall–Kier alpha value is -4.79. The first-order valence-corrected chi connectivity index (χ1v) is 13.6. The molecule has 4 aromatic rings. The third-order valence-electron chi connectivity index (χ3n) is 7.21. The summed E-state index contributed by atoms with van der Waals surface area (Å²) in [6, 6.07) is 24.1. The molecular weight excluding hydrogens is 518 g/mol. The lowest BCUT2D eigenvalue weighted by atomic mass is 9.97. The number of aromatic nitrogens is 2. The summed E-state index contributed by atoms with van der Waals surface area (Å²) in [5.41, 5.74) is 4.11.